The molecule has 0 bridgehead atoms. The van der Waals surface area contributed by atoms with Gasteiger partial charge in [0.25, 0.3) is 0 Å². The molecular formula is C15H18O2. The van der Waals surface area contributed by atoms with Crippen LogP contribution in [0.1, 0.15) is 37.5 Å². The van der Waals surface area contributed by atoms with Crippen molar-refractivity contribution in [1.29, 1.82) is 0 Å². The average Bonchev–Trinajstić information content (AvgIpc) is 2.32. The normalized spacial score (nSPS) is 22.7. The molecule has 90 valence electrons. The van der Waals surface area contributed by atoms with E-state index in [4.69, 9.17) is 4.74 Å². The summed E-state index contributed by atoms with van der Waals surface area (Å²) < 4.78 is 5.55. The van der Waals surface area contributed by atoms with Crippen LogP contribution in [0.5, 0.6) is 0 Å². The summed E-state index contributed by atoms with van der Waals surface area (Å²) in [4.78, 5) is 11.6. The van der Waals surface area contributed by atoms with Gasteiger partial charge in [0.15, 0.2) is 0 Å². The molecule has 0 aromatic heterocycles. The van der Waals surface area contributed by atoms with E-state index in [1.54, 1.807) is 6.92 Å². The predicted molar refractivity (Wildman–Crippen MR) is 67.6 cm³/mol. The number of rotatable bonds is 2. The molecular weight excluding hydrogens is 212 g/mol. The zero-order valence-electron chi connectivity index (χ0n) is 10.4. The van der Waals surface area contributed by atoms with Crippen LogP contribution in [0.4, 0.5) is 0 Å². The predicted octanol–water partition coefficient (Wildman–Crippen LogP) is 3.43. The van der Waals surface area contributed by atoms with Crippen molar-refractivity contribution in [3.63, 3.8) is 0 Å². The van der Waals surface area contributed by atoms with Crippen molar-refractivity contribution in [2.24, 2.45) is 5.92 Å². The zero-order chi connectivity index (χ0) is 12.4. The molecule has 0 N–H and O–H groups in total. The fraction of sp³-hybridized carbons (Fsp3) is 0.400. The van der Waals surface area contributed by atoms with E-state index >= 15 is 0 Å². The summed E-state index contributed by atoms with van der Waals surface area (Å²) in [5, 5.41) is 0. The third kappa shape index (κ3) is 2.41. The quantitative estimate of drug-likeness (QED) is 0.574. The van der Waals surface area contributed by atoms with Gasteiger partial charge < -0.3 is 4.74 Å². The lowest BCUT2D eigenvalue weighted by molar-refractivity contribution is -0.147. The summed E-state index contributed by atoms with van der Waals surface area (Å²) in [7, 11) is 0. The number of hydrogen-bond donors (Lipinski definition) is 0. The number of esters is 1. The molecule has 0 saturated heterocycles. The second-order valence-electron chi connectivity index (χ2n) is 4.82. The lowest BCUT2D eigenvalue weighted by Gasteiger charge is -2.31. The molecule has 1 aromatic carbocycles. The van der Waals surface area contributed by atoms with E-state index in [0.717, 1.165) is 18.4 Å². The molecule has 2 rings (SSSR count). The zero-order valence-corrected chi connectivity index (χ0v) is 10.4. The van der Waals surface area contributed by atoms with Crippen LogP contribution in [-0.4, -0.2) is 5.97 Å². The Morgan fingerprint density at radius 1 is 1.41 bits per heavy atom. The molecule has 0 saturated carbocycles. The van der Waals surface area contributed by atoms with Gasteiger partial charge in [0, 0.05) is 5.57 Å². The van der Waals surface area contributed by atoms with Crippen molar-refractivity contribution in [2.75, 3.05) is 0 Å². The van der Waals surface area contributed by atoms with Gasteiger partial charge >= 0.3 is 5.97 Å². The average molecular weight is 230 g/mol. The molecule has 0 heterocycles. The van der Waals surface area contributed by atoms with E-state index < -0.39 is 0 Å². The van der Waals surface area contributed by atoms with Crippen molar-refractivity contribution >= 4 is 5.97 Å². The second-order valence-corrected chi connectivity index (χ2v) is 4.82. The van der Waals surface area contributed by atoms with Crippen LogP contribution in [0.2, 0.25) is 0 Å². The minimum absolute atomic E-state index is 0.121. The number of aryl methyl sites for hydroxylation is 1. The third-order valence-electron chi connectivity index (χ3n) is 3.33. The molecule has 0 fully saturated rings. The fourth-order valence-corrected chi connectivity index (χ4v) is 2.28. The van der Waals surface area contributed by atoms with Crippen molar-refractivity contribution < 1.29 is 9.53 Å². The van der Waals surface area contributed by atoms with Gasteiger partial charge in [-0.1, -0.05) is 37.8 Å². The Morgan fingerprint density at radius 3 is 2.82 bits per heavy atom. The Labute approximate surface area is 102 Å². The van der Waals surface area contributed by atoms with Crippen molar-refractivity contribution in [1.82, 2.24) is 0 Å². The lowest BCUT2D eigenvalue weighted by atomic mass is 9.82. The molecule has 17 heavy (non-hydrogen) atoms. The highest BCUT2D eigenvalue weighted by Crippen LogP contribution is 2.37. The first kappa shape index (κ1) is 11.9. The van der Waals surface area contributed by atoms with Crippen molar-refractivity contribution in [3.8, 4) is 0 Å². The standard InChI is InChI=1S/C15H18O2/c1-10(2)15(16)17-14-11(3)8-9-12-6-4-5-7-13(12)14/h4-7,11,14H,1,8-9H2,2-3H3. The SMILES string of the molecule is C=C(C)C(=O)OC1c2ccccc2CCC1C. The van der Waals surface area contributed by atoms with Crippen molar-refractivity contribution in [2.45, 2.75) is 32.8 Å². The first-order valence-corrected chi connectivity index (χ1v) is 6.04. The number of fused-ring (bicyclic) bond motifs is 1. The van der Waals surface area contributed by atoms with Crippen LogP contribution in [0.3, 0.4) is 0 Å². The molecule has 1 aromatic rings. The highest BCUT2D eigenvalue weighted by molar-refractivity contribution is 5.87. The first-order valence-electron chi connectivity index (χ1n) is 6.04. The fourth-order valence-electron chi connectivity index (χ4n) is 2.28. The lowest BCUT2D eigenvalue weighted by Crippen LogP contribution is -2.23. The van der Waals surface area contributed by atoms with Gasteiger partial charge in [-0.15, -0.1) is 0 Å². The Morgan fingerprint density at radius 2 is 2.12 bits per heavy atom. The maximum absolute atomic E-state index is 11.6. The van der Waals surface area contributed by atoms with Gasteiger partial charge in [-0.3, -0.25) is 0 Å². The highest BCUT2D eigenvalue weighted by atomic mass is 16.5. The van der Waals surface area contributed by atoms with Gasteiger partial charge in [-0.05, 0) is 36.8 Å². The molecule has 2 nitrogen and oxygen atoms in total. The summed E-state index contributed by atoms with van der Waals surface area (Å²) in [6.45, 7) is 7.44. The van der Waals surface area contributed by atoms with Crippen LogP contribution < -0.4 is 0 Å². The van der Waals surface area contributed by atoms with Gasteiger partial charge in [0.05, 0.1) is 0 Å². The largest absolute Gasteiger partial charge is 0.454 e. The summed E-state index contributed by atoms with van der Waals surface area (Å²) >= 11 is 0. The van der Waals surface area contributed by atoms with Gasteiger partial charge in [0.1, 0.15) is 6.10 Å². The van der Waals surface area contributed by atoms with Crippen LogP contribution in [0, 0.1) is 5.92 Å². The minimum Gasteiger partial charge on any atom is -0.454 e. The smallest absolute Gasteiger partial charge is 0.333 e. The summed E-state index contributed by atoms with van der Waals surface area (Å²) in [5.74, 6) is 0.0757. The molecule has 0 spiro atoms. The number of hydrogen-bond acceptors (Lipinski definition) is 2. The van der Waals surface area contributed by atoms with Gasteiger partial charge in [-0.25, -0.2) is 4.79 Å². The molecule has 1 aliphatic rings. The molecule has 2 heteroatoms. The van der Waals surface area contributed by atoms with E-state index in [2.05, 4.69) is 25.6 Å². The van der Waals surface area contributed by atoms with Crippen molar-refractivity contribution in [3.05, 3.63) is 47.5 Å². The van der Waals surface area contributed by atoms with E-state index in [1.807, 2.05) is 12.1 Å². The van der Waals surface area contributed by atoms with E-state index in [0.29, 0.717) is 11.5 Å². The van der Waals surface area contributed by atoms with E-state index in [-0.39, 0.29) is 12.1 Å². The molecule has 2 atom stereocenters. The second kappa shape index (κ2) is 4.74. The summed E-state index contributed by atoms with van der Waals surface area (Å²) in [6.07, 6.45) is 2.01. The van der Waals surface area contributed by atoms with Gasteiger partial charge in [0.2, 0.25) is 0 Å². The molecule has 0 radical (unpaired) electrons. The molecule has 0 aliphatic heterocycles. The number of carbonyl (C=O) groups excluding carboxylic acids is 1. The molecule has 0 amide bonds. The monoisotopic (exact) mass is 230 g/mol. The van der Waals surface area contributed by atoms with Crippen LogP contribution >= 0.6 is 0 Å². The topological polar surface area (TPSA) is 26.3 Å². The number of benzene rings is 1. The Hall–Kier alpha value is -1.57. The van der Waals surface area contributed by atoms with E-state index in [9.17, 15) is 4.79 Å². The first-order chi connectivity index (χ1) is 8.09. The van der Waals surface area contributed by atoms with Gasteiger partial charge in [-0.2, -0.15) is 0 Å². The maximum Gasteiger partial charge on any atom is 0.333 e. The minimum atomic E-state index is -0.293. The molecule has 1 aliphatic carbocycles. The highest BCUT2D eigenvalue weighted by Gasteiger charge is 2.29. The van der Waals surface area contributed by atoms with Crippen LogP contribution in [0.15, 0.2) is 36.4 Å². The van der Waals surface area contributed by atoms with Crippen LogP contribution in [-0.2, 0) is 16.0 Å². The summed E-state index contributed by atoms with van der Waals surface area (Å²) in [5.41, 5.74) is 2.91. The number of ether oxygens (including phenoxy) is 1. The van der Waals surface area contributed by atoms with Crippen LogP contribution in [0.25, 0.3) is 0 Å². The Bertz CT molecular complexity index is 448. The summed E-state index contributed by atoms with van der Waals surface area (Å²) in [6, 6.07) is 8.20. The maximum atomic E-state index is 11.6. The number of carbonyl (C=O) groups is 1. The van der Waals surface area contributed by atoms with E-state index in [1.165, 1.54) is 5.56 Å². The molecule has 2 unspecified atom stereocenters. The Kier molecular flexibility index (Phi) is 3.32. The Balaban J connectivity index is 2.27. The third-order valence-corrected chi connectivity index (χ3v) is 3.33.